The Morgan fingerprint density at radius 3 is 2.61 bits per heavy atom. The summed E-state index contributed by atoms with van der Waals surface area (Å²) in [4.78, 5) is 29.6. The number of carbonyl (C=O) groups excluding carboxylic acids is 2. The maximum absolute atomic E-state index is 13.0. The third kappa shape index (κ3) is 4.44. The van der Waals surface area contributed by atoms with E-state index in [1.165, 1.54) is 11.1 Å². The van der Waals surface area contributed by atoms with Gasteiger partial charge in [-0.25, -0.2) is 0 Å². The van der Waals surface area contributed by atoms with E-state index in [1.54, 1.807) is 4.90 Å². The van der Waals surface area contributed by atoms with Crippen LogP contribution >= 0.6 is 11.6 Å². The van der Waals surface area contributed by atoms with Crippen LogP contribution in [-0.4, -0.2) is 40.7 Å². The minimum Gasteiger partial charge on any atom is -0.329 e. The summed E-state index contributed by atoms with van der Waals surface area (Å²) in [6.45, 7) is 9.47. The number of likely N-dealkylation sites (tertiary alicyclic amines) is 1. The van der Waals surface area contributed by atoms with Gasteiger partial charge < -0.3 is 10.2 Å². The van der Waals surface area contributed by atoms with E-state index < -0.39 is 6.04 Å². The van der Waals surface area contributed by atoms with Gasteiger partial charge in [0.15, 0.2) is 0 Å². The van der Waals surface area contributed by atoms with Crippen molar-refractivity contribution in [2.24, 2.45) is 0 Å². The van der Waals surface area contributed by atoms with Crippen LogP contribution in [-0.2, 0) is 17.9 Å². The fourth-order valence-electron chi connectivity index (χ4n) is 5.42. The van der Waals surface area contributed by atoms with E-state index in [1.807, 2.05) is 12.1 Å². The number of aryl methyl sites for hydroxylation is 1. The molecule has 3 aliphatic rings. The number of benzene rings is 2. The van der Waals surface area contributed by atoms with Gasteiger partial charge in [-0.05, 0) is 86.0 Å². The lowest BCUT2D eigenvalue weighted by atomic mass is 9.87. The molecule has 3 aliphatic heterocycles. The monoisotopic (exact) mass is 463 g/mol. The van der Waals surface area contributed by atoms with Crippen LogP contribution in [0.4, 0.5) is 0 Å². The second kappa shape index (κ2) is 8.96. The summed E-state index contributed by atoms with van der Waals surface area (Å²) in [5.74, 6) is 0.358. The molecule has 0 spiro atoms. The first-order chi connectivity index (χ1) is 15.9. The van der Waals surface area contributed by atoms with Crippen LogP contribution in [0.2, 0.25) is 5.02 Å². The molecule has 2 aromatic rings. The quantitative estimate of drug-likeness (QED) is 0.710. The maximum atomic E-state index is 13.0. The second-order valence-electron chi connectivity index (χ2n) is 9.63. The van der Waals surface area contributed by atoms with Gasteiger partial charge in [0.05, 0.1) is 0 Å². The smallest absolute Gasteiger partial charge is 0.255 e. The summed E-state index contributed by atoms with van der Waals surface area (Å²) in [5.41, 5.74) is 6.27. The standard InChI is InChI=1S/C27H30ClN3O2/c1-17-13-19(4-7-24(17)28)15-30-11-9-20(10-12-30)21-5-6-23-22(14-21)16-31(27(23)33)25-8-3-18(2)29-26(25)32/h4-7,13-14,20,25H,2-3,8-12,15-16H2,1H3,(H,29,32). The zero-order valence-corrected chi connectivity index (χ0v) is 19.8. The molecular weight excluding hydrogens is 434 g/mol. The maximum Gasteiger partial charge on any atom is 0.255 e. The number of allylic oxidation sites excluding steroid dienone is 1. The molecule has 1 N–H and O–H groups in total. The molecule has 2 fully saturated rings. The number of piperidine rings is 2. The number of fused-ring (bicyclic) bond motifs is 1. The Bertz CT molecular complexity index is 1120. The van der Waals surface area contributed by atoms with Gasteiger partial charge in [0.1, 0.15) is 6.04 Å². The minimum atomic E-state index is -0.404. The normalized spacial score (nSPS) is 21.9. The Kier molecular flexibility index (Phi) is 6.02. The average Bonchev–Trinajstić information content (AvgIpc) is 3.12. The molecule has 0 saturated carbocycles. The van der Waals surface area contributed by atoms with Crippen LogP contribution < -0.4 is 5.32 Å². The Balaban J connectivity index is 1.22. The molecule has 5 rings (SSSR count). The SMILES string of the molecule is C=C1CCC(N2Cc3cc(C4CCN(Cc5ccc(Cl)c(C)c5)CC4)ccc3C2=O)C(=O)N1. The van der Waals surface area contributed by atoms with Gasteiger partial charge in [0.2, 0.25) is 5.91 Å². The van der Waals surface area contributed by atoms with Gasteiger partial charge in [0, 0.05) is 29.4 Å². The van der Waals surface area contributed by atoms with Crippen LogP contribution in [0, 0.1) is 6.92 Å². The lowest BCUT2D eigenvalue weighted by Gasteiger charge is -2.32. The summed E-state index contributed by atoms with van der Waals surface area (Å²) >= 11 is 6.16. The summed E-state index contributed by atoms with van der Waals surface area (Å²) in [7, 11) is 0. The van der Waals surface area contributed by atoms with E-state index in [9.17, 15) is 9.59 Å². The van der Waals surface area contributed by atoms with Crippen molar-refractivity contribution in [2.75, 3.05) is 13.1 Å². The van der Waals surface area contributed by atoms with Crippen molar-refractivity contribution in [1.82, 2.24) is 15.1 Å². The van der Waals surface area contributed by atoms with Crippen LogP contribution in [0.15, 0.2) is 48.7 Å². The van der Waals surface area contributed by atoms with E-state index in [-0.39, 0.29) is 11.8 Å². The highest BCUT2D eigenvalue weighted by Crippen LogP contribution is 2.34. The minimum absolute atomic E-state index is 0.0303. The number of halogens is 1. The van der Waals surface area contributed by atoms with Crippen molar-refractivity contribution in [3.63, 3.8) is 0 Å². The topological polar surface area (TPSA) is 52.7 Å². The molecule has 2 amide bonds. The predicted octanol–water partition coefficient (Wildman–Crippen LogP) is 4.78. The molecule has 3 heterocycles. The van der Waals surface area contributed by atoms with Gasteiger partial charge in [-0.3, -0.25) is 14.5 Å². The van der Waals surface area contributed by atoms with E-state index in [2.05, 4.69) is 48.0 Å². The molecule has 2 aromatic carbocycles. The number of nitrogens with zero attached hydrogens (tertiary/aromatic N) is 2. The fourth-order valence-corrected chi connectivity index (χ4v) is 5.53. The summed E-state index contributed by atoms with van der Waals surface area (Å²) in [5, 5.41) is 3.63. The molecule has 0 aliphatic carbocycles. The Morgan fingerprint density at radius 2 is 1.88 bits per heavy atom. The van der Waals surface area contributed by atoms with Crippen molar-refractivity contribution in [2.45, 2.75) is 57.7 Å². The second-order valence-corrected chi connectivity index (χ2v) is 10.0. The first-order valence-corrected chi connectivity index (χ1v) is 12.2. The Labute approximate surface area is 200 Å². The number of hydrogen-bond acceptors (Lipinski definition) is 3. The molecule has 5 nitrogen and oxygen atoms in total. The molecule has 2 saturated heterocycles. The molecular formula is C27H30ClN3O2. The number of rotatable bonds is 4. The first kappa shape index (κ1) is 22.2. The van der Waals surface area contributed by atoms with Crippen molar-refractivity contribution in [1.29, 1.82) is 0 Å². The highest BCUT2D eigenvalue weighted by Gasteiger charge is 2.38. The van der Waals surface area contributed by atoms with Crippen molar-refractivity contribution < 1.29 is 9.59 Å². The fraction of sp³-hybridized carbons (Fsp3) is 0.407. The number of nitrogens with one attached hydrogen (secondary N) is 1. The zero-order chi connectivity index (χ0) is 23.1. The molecule has 1 atom stereocenters. The van der Waals surface area contributed by atoms with Gasteiger partial charge >= 0.3 is 0 Å². The van der Waals surface area contributed by atoms with Gasteiger partial charge in [-0.1, -0.05) is 42.4 Å². The average molecular weight is 464 g/mol. The molecule has 1 unspecified atom stereocenters. The predicted molar refractivity (Wildman–Crippen MR) is 130 cm³/mol. The largest absolute Gasteiger partial charge is 0.329 e. The highest BCUT2D eigenvalue weighted by atomic mass is 35.5. The number of hydrogen-bond donors (Lipinski definition) is 1. The van der Waals surface area contributed by atoms with E-state index in [0.29, 0.717) is 18.9 Å². The van der Waals surface area contributed by atoms with Crippen molar-refractivity contribution in [3.8, 4) is 0 Å². The molecule has 6 heteroatoms. The molecule has 172 valence electrons. The Hall–Kier alpha value is -2.63. The lowest BCUT2D eigenvalue weighted by molar-refractivity contribution is -0.126. The van der Waals surface area contributed by atoms with Crippen LogP contribution in [0.1, 0.15) is 64.2 Å². The molecule has 33 heavy (non-hydrogen) atoms. The number of amides is 2. The number of carbonyl (C=O) groups is 2. The zero-order valence-electron chi connectivity index (χ0n) is 19.1. The molecule has 0 radical (unpaired) electrons. The van der Waals surface area contributed by atoms with Gasteiger partial charge in [-0.2, -0.15) is 0 Å². The third-order valence-electron chi connectivity index (χ3n) is 7.35. The van der Waals surface area contributed by atoms with Crippen LogP contribution in [0.3, 0.4) is 0 Å². The highest BCUT2D eigenvalue weighted by molar-refractivity contribution is 6.31. The molecule has 0 bridgehead atoms. The van der Waals surface area contributed by atoms with E-state index >= 15 is 0 Å². The first-order valence-electron chi connectivity index (χ1n) is 11.8. The van der Waals surface area contributed by atoms with Gasteiger partial charge in [0.25, 0.3) is 5.91 Å². The van der Waals surface area contributed by atoms with E-state index in [0.717, 1.165) is 66.3 Å². The molecule has 0 aromatic heterocycles. The van der Waals surface area contributed by atoms with E-state index in [4.69, 9.17) is 11.6 Å². The van der Waals surface area contributed by atoms with Crippen LogP contribution in [0.5, 0.6) is 0 Å². The third-order valence-corrected chi connectivity index (χ3v) is 7.77. The Morgan fingerprint density at radius 1 is 1.09 bits per heavy atom. The lowest BCUT2D eigenvalue weighted by Crippen LogP contribution is -2.49. The van der Waals surface area contributed by atoms with Crippen LogP contribution in [0.25, 0.3) is 0 Å². The van der Waals surface area contributed by atoms with Crippen molar-refractivity contribution in [3.05, 3.63) is 81.5 Å². The van der Waals surface area contributed by atoms with Gasteiger partial charge in [-0.15, -0.1) is 0 Å². The van der Waals surface area contributed by atoms with Crippen molar-refractivity contribution >= 4 is 23.4 Å². The summed E-state index contributed by atoms with van der Waals surface area (Å²) in [6.07, 6.45) is 3.57. The summed E-state index contributed by atoms with van der Waals surface area (Å²) < 4.78 is 0. The summed E-state index contributed by atoms with van der Waals surface area (Å²) in [6, 6.07) is 12.2.